The Labute approximate surface area is 141 Å². The van der Waals surface area contributed by atoms with Crippen LogP contribution in [0.5, 0.6) is 0 Å². The van der Waals surface area contributed by atoms with Gasteiger partial charge in [0.2, 0.25) is 0 Å². The zero-order valence-corrected chi connectivity index (χ0v) is 14.9. The summed E-state index contributed by atoms with van der Waals surface area (Å²) in [6.07, 6.45) is 7.45. The first-order valence-electron chi connectivity index (χ1n) is 8.14. The molecule has 0 amide bonds. The normalized spacial score (nSPS) is 20.2. The molecule has 1 aliphatic rings. The molecule has 0 aliphatic carbocycles. The molecule has 0 spiro atoms. The average molecular weight is 359 g/mol. The first-order valence-corrected chi connectivity index (χ1v) is 8.93. The van der Waals surface area contributed by atoms with Gasteiger partial charge in [0.15, 0.2) is 0 Å². The number of aryl methyl sites for hydroxylation is 1. The van der Waals surface area contributed by atoms with Crippen LogP contribution in [0.3, 0.4) is 0 Å². The quantitative estimate of drug-likeness (QED) is 0.736. The Morgan fingerprint density at radius 2 is 2.05 bits per heavy atom. The van der Waals surface area contributed by atoms with Crippen molar-refractivity contribution in [3.63, 3.8) is 0 Å². The van der Waals surface area contributed by atoms with Crippen molar-refractivity contribution in [2.45, 2.75) is 45.2 Å². The molecule has 2 nitrogen and oxygen atoms in total. The molecule has 22 heavy (non-hydrogen) atoms. The van der Waals surface area contributed by atoms with Crippen LogP contribution in [0, 0.1) is 0 Å². The molecule has 0 radical (unpaired) electrons. The standard InChI is InChI=1S/C19H23BrN2/c1-3-15-6-8-16(9-7-15)14(2)22-10-4-5-19(22)17-11-18(20)13-21-12-17/h6-9,11-14,19H,3-5,10H2,1-2H3/t14-,19+/m1/s1. The number of hydrogen-bond donors (Lipinski definition) is 0. The van der Waals surface area contributed by atoms with Crippen LogP contribution in [-0.4, -0.2) is 16.4 Å². The van der Waals surface area contributed by atoms with Gasteiger partial charge in [0.25, 0.3) is 0 Å². The van der Waals surface area contributed by atoms with Gasteiger partial charge in [0, 0.05) is 29.0 Å². The highest BCUT2D eigenvalue weighted by Gasteiger charge is 2.30. The smallest absolute Gasteiger partial charge is 0.0410 e. The van der Waals surface area contributed by atoms with E-state index in [1.165, 1.54) is 29.5 Å². The number of aromatic nitrogens is 1. The Hall–Kier alpha value is -1.19. The highest BCUT2D eigenvalue weighted by Crippen LogP contribution is 2.38. The largest absolute Gasteiger partial charge is 0.290 e. The van der Waals surface area contributed by atoms with Gasteiger partial charge in [0.1, 0.15) is 0 Å². The number of benzene rings is 1. The van der Waals surface area contributed by atoms with E-state index in [-0.39, 0.29) is 0 Å². The summed E-state index contributed by atoms with van der Waals surface area (Å²) in [5.74, 6) is 0. The van der Waals surface area contributed by atoms with Crippen molar-refractivity contribution in [3.8, 4) is 0 Å². The highest BCUT2D eigenvalue weighted by molar-refractivity contribution is 9.10. The fourth-order valence-electron chi connectivity index (χ4n) is 3.44. The third-order valence-corrected chi connectivity index (χ3v) is 5.21. The lowest BCUT2D eigenvalue weighted by Crippen LogP contribution is -2.26. The fourth-order valence-corrected chi connectivity index (χ4v) is 3.83. The summed E-state index contributed by atoms with van der Waals surface area (Å²) < 4.78 is 1.07. The average Bonchev–Trinajstić information content (AvgIpc) is 3.04. The molecular weight excluding hydrogens is 336 g/mol. The van der Waals surface area contributed by atoms with Crippen molar-refractivity contribution in [1.82, 2.24) is 9.88 Å². The van der Waals surface area contributed by atoms with Gasteiger partial charge in [-0.1, -0.05) is 31.2 Å². The molecule has 0 N–H and O–H groups in total. The maximum Gasteiger partial charge on any atom is 0.0410 e. The minimum Gasteiger partial charge on any atom is -0.290 e. The summed E-state index contributed by atoms with van der Waals surface area (Å²) in [7, 11) is 0. The molecule has 0 bridgehead atoms. The third kappa shape index (κ3) is 3.26. The van der Waals surface area contributed by atoms with E-state index in [0.717, 1.165) is 17.4 Å². The maximum atomic E-state index is 4.34. The van der Waals surface area contributed by atoms with E-state index in [1.54, 1.807) is 0 Å². The number of hydrogen-bond acceptors (Lipinski definition) is 2. The van der Waals surface area contributed by atoms with Gasteiger partial charge < -0.3 is 0 Å². The van der Waals surface area contributed by atoms with E-state index in [4.69, 9.17) is 0 Å². The molecule has 3 heteroatoms. The van der Waals surface area contributed by atoms with Crippen LogP contribution in [-0.2, 0) is 6.42 Å². The van der Waals surface area contributed by atoms with Crippen LogP contribution in [0.25, 0.3) is 0 Å². The predicted molar refractivity (Wildman–Crippen MR) is 94.9 cm³/mol. The van der Waals surface area contributed by atoms with Crippen molar-refractivity contribution in [2.24, 2.45) is 0 Å². The van der Waals surface area contributed by atoms with Crippen molar-refractivity contribution in [3.05, 3.63) is 63.9 Å². The van der Waals surface area contributed by atoms with Crippen LogP contribution >= 0.6 is 15.9 Å². The minimum atomic E-state index is 0.442. The SMILES string of the molecule is CCc1ccc([C@@H](C)N2CCC[C@H]2c2cncc(Br)c2)cc1. The van der Waals surface area contributed by atoms with E-state index in [0.29, 0.717) is 12.1 Å². The van der Waals surface area contributed by atoms with E-state index in [9.17, 15) is 0 Å². The molecule has 2 atom stereocenters. The second-order valence-electron chi connectivity index (χ2n) is 6.10. The zero-order chi connectivity index (χ0) is 15.5. The first-order chi connectivity index (χ1) is 10.7. The zero-order valence-electron chi connectivity index (χ0n) is 13.3. The Bertz CT molecular complexity index is 624. The van der Waals surface area contributed by atoms with Gasteiger partial charge in [-0.25, -0.2) is 0 Å². The Kier molecular flexibility index (Phi) is 4.94. The lowest BCUT2D eigenvalue weighted by Gasteiger charge is -2.31. The van der Waals surface area contributed by atoms with Gasteiger partial charge in [0.05, 0.1) is 0 Å². The second-order valence-corrected chi connectivity index (χ2v) is 7.02. The summed E-state index contributed by atoms with van der Waals surface area (Å²) in [4.78, 5) is 6.96. The fraction of sp³-hybridized carbons (Fsp3) is 0.421. The second kappa shape index (κ2) is 6.93. The molecule has 0 saturated carbocycles. The molecule has 1 fully saturated rings. The van der Waals surface area contributed by atoms with E-state index in [2.05, 4.69) is 70.0 Å². The number of pyridine rings is 1. The first kappa shape index (κ1) is 15.7. The molecule has 2 heterocycles. The van der Waals surface area contributed by atoms with Crippen LogP contribution in [0.2, 0.25) is 0 Å². The Morgan fingerprint density at radius 3 is 2.73 bits per heavy atom. The van der Waals surface area contributed by atoms with Crippen molar-refractivity contribution in [2.75, 3.05) is 6.54 Å². The van der Waals surface area contributed by atoms with Crippen molar-refractivity contribution in [1.29, 1.82) is 0 Å². The van der Waals surface area contributed by atoms with E-state index in [1.807, 2.05) is 12.4 Å². The topological polar surface area (TPSA) is 16.1 Å². The van der Waals surface area contributed by atoms with Gasteiger partial charge in [-0.3, -0.25) is 9.88 Å². The van der Waals surface area contributed by atoms with E-state index >= 15 is 0 Å². The lowest BCUT2D eigenvalue weighted by atomic mass is 10.0. The van der Waals surface area contributed by atoms with Crippen LogP contribution in [0.4, 0.5) is 0 Å². The molecule has 1 aromatic carbocycles. The Morgan fingerprint density at radius 1 is 1.27 bits per heavy atom. The van der Waals surface area contributed by atoms with Crippen LogP contribution in [0.15, 0.2) is 47.2 Å². The molecular formula is C19H23BrN2. The summed E-state index contributed by atoms with van der Waals surface area (Å²) in [6, 6.07) is 12.2. The van der Waals surface area contributed by atoms with E-state index < -0.39 is 0 Å². The van der Waals surface area contributed by atoms with Crippen LogP contribution in [0.1, 0.15) is 55.5 Å². The van der Waals surface area contributed by atoms with Crippen molar-refractivity contribution >= 4 is 15.9 Å². The molecule has 1 aromatic heterocycles. The number of halogens is 1. The molecule has 1 aliphatic heterocycles. The number of rotatable bonds is 4. The lowest BCUT2D eigenvalue weighted by molar-refractivity contribution is 0.194. The van der Waals surface area contributed by atoms with Crippen LogP contribution < -0.4 is 0 Å². The number of likely N-dealkylation sites (tertiary alicyclic amines) is 1. The summed E-state index contributed by atoms with van der Waals surface area (Å²) >= 11 is 3.55. The summed E-state index contributed by atoms with van der Waals surface area (Å²) in [5.41, 5.74) is 4.14. The highest BCUT2D eigenvalue weighted by atomic mass is 79.9. The van der Waals surface area contributed by atoms with Gasteiger partial charge in [-0.2, -0.15) is 0 Å². The van der Waals surface area contributed by atoms with Gasteiger partial charge in [-0.15, -0.1) is 0 Å². The summed E-state index contributed by atoms with van der Waals surface area (Å²) in [5, 5.41) is 0. The van der Waals surface area contributed by atoms with Gasteiger partial charge in [-0.05, 0) is 71.4 Å². The molecule has 1 saturated heterocycles. The monoisotopic (exact) mass is 358 g/mol. The Balaban J connectivity index is 1.82. The predicted octanol–water partition coefficient (Wildman–Crippen LogP) is 5.30. The minimum absolute atomic E-state index is 0.442. The third-order valence-electron chi connectivity index (χ3n) is 4.77. The molecule has 0 unspecified atom stereocenters. The molecule has 3 rings (SSSR count). The van der Waals surface area contributed by atoms with Crippen molar-refractivity contribution < 1.29 is 0 Å². The maximum absolute atomic E-state index is 4.34. The summed E-state index contributed by atoms with van der Waals surface area (Å²) in [6.45, 7) is 5.69. The molecule has 2 aromatic rings. The number of nitrogens with zero attached hydrogens (tertiary/aromatic N) is 2. The molecule has 116 valence electrons. The van der Waals surface area contributed by atoms with Gasteiger partial charge >= 0.3 is 0 Å².